The molecule has 0 rings (SSSR count). The van der Waals surface area contributed by atoms with Gasteiger partial charge in [0.15, 0.2) is 0 Å². The van der Waals surface area contributed by atoms with Crippen LogP contribution in [0, 0.1) is 0 Å². The maximum Gasteiger partial charge on any atom is 0.306 e. The van der Waals surface area contributed by atoms with E-state index in [1.54, 1.807) is 0 Å². The summed E-state index contributed by atoms with van der Waals surface area (Å²) >= 11 is 0. The van der Waals surface area contributed by atoms with Crippen molar-refractivity contribution >= 4 is 5.97 Å². The van der Waals surface area contributed by atoms with Crippen LogP contribution in [0.4, 0.5) is 0 Å². The average molecular weight is 315 g/mol. The smallest absolute Gasteiger partial charge is 0.306 e. The molecule has 0 amide bonds. The zero-order valence-electron chi connectivity index (χ0n) is 14.9. The molecule has 0 aromatic heterocycles. The number of hydrogen-bond donors (Lipinski definition) is 2. The minimum atomic E-state index is -0.984. The molecule has 0 aromatic rings. The second kappa shape index (κ2) is 14.0. The molecule has 0 fully saturated rings. The number of rotatable bonds is 16. The van der Waals surface area contributed by atoms with Gasteiger partial charge >= 0.3 is 5.97 Å². The molecule has 0 heterocycles. The molecular formula is C19H38O3. The van der Waals surface area contributed by atoms with Crippen molar-refractivity contribution in [1.82, 2.24) is 0 Å². The third-order valence-corrected chi connectivity index (χ3v) is 4.47. The highest BCUT2D eigenvalue weighted by Gasteiger charge is 2.28. The van der Waals surface area contributed by atoms with Crippen molar-refractivity contribution in [2.75, 3.05) is 0 Å². The van der Waals surface area contributed by atoms with Crippen LogP contribution in [-0.2, 0) is 4.79 Å². The molecule has 0 aliphatic heterocycles. The van der Waals surface area contributed by atoms with Gasteiger partial charge in [-0.15, -0.1) is 0 Å². The van der Waals surface area contributed by atoms with E-state index < -0.39 is 11.6 Å². The van der Waals surface area contributed by atoms with Gasteiger partial charge in [0.1, 0.15) is 0 Å². The minimum absolute atomic E-state index is 0.107. The molecule has 132 valence electrons. The average Bonchev–Trinajstić information content (AvgIpc) is 2.46. The maximum absolute atomic E-state index is 10.9. The van der Waals surface area contributed by atoms with Crippen LogP contribution in [0.1, 0.15) is 110 Å². The summed E-state index contributed by atoms with van der Waals surface area (Å²) in [5.74, 6) is -0.884. The molecule has 0 spiro atoms. The van der Waals surface area contributed by atoms with E-state index in [-0.39, 0.29) is 6.42 Å². The van der Waals surface area contributed by atoms with Crippen LogP contribution in [0.25, 0.3) is 0 Å². The van der Waals surface area contributed by atoms with Crippen LogP contribution in [0.3, 0.4) is 0 Å². The number of carboxylic acids is 1. The topological polar surface area (TPSA) is 57.5 Å². The monoisotopic (exact) mass is 314 g/mol. The summed E-state index contributed by atoms with van der Waals surface area (Å²) in [7, 11) is 0. The van der Waals surface area contributed by atoms with E-state index in [1.165, 1.54) is 51.4 Å². The summed E-state index contributed by atoms with van der Waals surface area (Å²) in [6, 6.07) is 0. The Morgan fingerprint density at radius 3 is 1.59 bits per heavy atom. The summed E-state index contributed by atoms with van der Waals surface area (Å²) < 4.78 is 0. The Morgan fingerprint density at radius 1 is 0.727 bits per heavy atom. The van der Waals surface area contributed by atoms with Crippen molar-refractivity contribution < 1.29 is 15.0 Å². The van der Waals surface area contributed by atoms with E-state index in [4.69, 9.17) is 5.11 Å². The maximum atomic E-state index is 10.9. The highest BCUT2D eigenvalue weighted by atomic mass is 16.4. The molecule has 0 saturated heterocycles. The van der Waals surface area contributed by atoms with E-state index in [0.717, 1.165) is 25.7 Å². The molecule has 22 heavy (non-hydrogen) atoms. The molecule has 0 aliphatic rings. The van der Waals surface area contributed by atoms with Crippen molar-refractivity contribution in [2.24, 2.45) is 0 Å². The summed E-state index contributed by atoms with van der Waals surface area (Å²) in [5.41, 5.74) is -0.984. The third kappa shape index (κ3) is 13.1. The fourth-order valence-corrected chi connectivity index (χ4v) is 3.03. The quantitative estimate of drug-likeness (QED) is 0.360. The lowest BCUT2D eigenvalue weighted by Crippen LogP contribution is -2.31. The first kappa shape index (κ1) is 21.4. The number of carbonyl (C=O) groups is 1. The molecule has 3 heteroatoms. The Labute approximate surface area is 137 Å². The normalized spacial score (nSPS) is 14.0. The van der Waals surface area contributed by atoms with Gasteiger partial charge in [-0.25, -0.2) is 0 Å². The van der Waals surface area contributed by atoms with Crippen molar-refractivity contribution in [1.29, 1.82) is 0 Å². The number of hydrogen-bond acceptors (Lipinski definition) is 2. The zero-order valence-corrected chi connectivity index (χ0v) is 14.9. The van der Waals surface area contributed by atoms with Gasteiger partial charge in [0.05, 0.1) is 12.0 Å². The summed E-state index contributed by atoms with van der Waals surface area (Å²) in [6.07, 6.45) is 15.7. The number of aliphatic hydroxyl groups is 1. The standard InChI is InChI=1S/C19H38O3/c1-3-5-7-8-9-10-11-12-13-14-16-19(22,15-6-4-2)17-18(20)21/h22H,3-17H2,1-2H3,(H,20,21). The van der Waals surface area contributed by atoms with Gasteiger partial charge in [-0.05, 0) is 12.8 Å². The van der Waals surface area contributed by atoms with Crippen LogP contribution in [0.5, 0.6) is 0 Å². The Bertz CT molecular complexity index is 265. The zero-order chi connectivity index (χ0) is 16.7. The lowest BCUT2D eigenvalue weighted by Gasteiger charge is -2.26. The Balaban J connectivity index is 3.65. The first-order chi connectivity index (χ1) is 10.5. The second-order valence-electron chi connectivity index (χ2n) is 6.83. The fraction of sp³-hybridized carbons (Fsp3) is 0.947. The molecule has 0 saturated carbocycles. The second-order valence-corrected chi connectivity index (χ2v) is 6.83. The summed E-state index contributed by atoms with van der Waals surface area (Å²) in [6.45, 7) is 4.31. The predicted octanol–water partition coefficient (Wildman–Crippen LogP) is 5.69. The van der Waals surface area contributed by atoms with Crippen molar-refractivity contribution in [3.05, 3.63) is 0 Å². The van der Waals surface area contributed by atoms with Gasteiger partial charge in [-0.2, -0.15) is 0 Å². The Hall–Kier alpha value is -0.570. The van der Waals surface area contributed by atoms with Gasteiger partial charge in [0, 0.05) is 0 Å². The van der Waals surface area contributed by atoms with Crippen molar-refractivity contribution in [3.63, 3.8) is 0 Å². The van der Waals surface area contributed by atoms with Gasteiger partial charge in [-0.1, -0.05) is 90.9 Å². The molecule has 2 N–H and O–H groups in total. The summed E-state index contributed by atoms with van der Waals surface area (Å²) in [4.78, 5) is 10.9. The number of aliphatic carboxylic acids is 1. The molecule has 3 nitrogen and oxygen atoms in total. The van der Waals surface area contributed by atoms with Crippen LogP contribution < -0.4 is 0 Å². The van der Waals surface area contributed by atoms with Gasteiger partial charge in [-0.3, -0.25) is 4.79 Å². The van der Waals surface area contributed by atoms with Gasteiger partial charge in [0.2, 0.25) is 0 Å². The predicted molar refractivity (Wildman–Crippen MR) is 93.2 cm³/mol. The van der Waals surface area contributed by atoms with Crippen LogP contribution in [0.15, 0.2) is 0 Å². The first-order valence-electron chi connectivity index (χ1n) is 9.48. The molecule has 1 atom stereocenters. The highest BCUT2D eigenvalue weighted by Crippen LogP contribution is 2.26. The fourth-order valence-electron chi connectivity index (χ4n) is 3.03. The SMILES string of the molecule is CCCCCCCCCCCCC(O)(CCCC)CC(=O)O. The molecule has 0 radical (unpaired) electrons. The molecule has 0 aliphatic carbocycles. The van der Waals surface area contributed by atoms with E-state index in [0.29, 0.717) is 12.8 Å². The van der Waals surface area contributed by atoms with E-state index >= 15 is 0 Å². The molecular weight excluding hydrogens is 276 g/mol. The van der Waals surface area contributed by atoms with E-state index in [2.05, 4.69) is 13.8 Å². The lowest BCUT2D eigenvalue weighted by molar-refractivity contribution is -0.143. The minimum Gasteiger partial charge on any atom is -0.481 e. The van der Waals surface area contributed by atoms with E-state index in [9.17, 15) is 9.90 Å². The number of unbranched alkanes of at least 4 members (excludes halogenated alkanes) is 10. The third-order valence-electron chi connectivity index (χ3n) is 4.47. The molecule has 1 unspecified atom stereocenters. The van der Waals surface area contributed by atoms with Crippen LogP contribution in [-0.4, -0.2) is 21.8 Å². The number of carboxylic acid groups (broad SMARTS) is 1. The van der Waals surface area contributed by atoms with Crippen LogP contribution in [0.2, 0.25) is 0 Å². The van der Waals surface area contributed by atoms with E-state index in [1.807, 2.05) is 0 Å². The Morgan fingerprint density at radius 2 is 1.14 bits per heavy atom. The molecule has 0 bridgehead atoms. The van der Waals surface area contributed by atoms with Crippen molar-refractivity contribution in [3.8, 4) is 0 Å². The van der Waals surface area contributed by atoms with Crippen LogP contribution >= 0.6 is 0 Å². The molecule has 0 aromatic carbocycles. The summed E-state index contributed by atoms with van der Waals surface area (Å²) in [5, 5.41) is 19.4. The van der Waals surface area contributed by atoms with Gasteiger partial charge < -0.3 is 10.2 Å². The highest BCUT2D eigenvalue weighted by molar-refractivity contribution is 5.68. The lowest BCUT2D eigenvalue weighted by atomic mass is 9.87. The Kier molecular flexibility index (Phi) is 13.7. The van der Waals surface area contributed by atoms with Crippen molar-refractivity contribution in [2.45, 2.75) is 116 Å². The first-order valence-corrected chi connectivity index (χ1v) is 9.48. The largest absolute Gasteiger partial charge is 0.481 e. The van der Waals surface area contributed by atoms with Gasteiger partial charge in [0.25, 0.3) is 0 Å².